The summed E-state index contributed by atoms with van der Waals surface area (Å²) in [4.78, 5) is 25.6. The van der Waals surface area contributed by atoms with Crippen molar-refractivity contribution in [3.8, 4) is 0 Å². The number of hydrogen-bond donors (Lipinski definition) is 1. The molecule has 4 nitrogen and oxygen atoms in total. The van der Waals surface area contributed by atoms with Gasteiger partial charge in [-0.05, 0) is 25.3 Å². The summed E-state index contributed by atoms with van der Waals surface area (Å²) < 4.78 is 0. The van der Waals surface area contributed by atoms with E-state index in [9.17, 15) is 9.59 Å². The summed E-state index contributed by atoms with van der Waals surface area (Å²) in [5, 5.41) is 4.51. The van der Waals surface area contributed by atoms with Gasteiger partial charge in [0.05, 0.1) is 4.88 Å². The van der Waals surface area contributed by atoms with Crippen LogP contribution in [0.4, 0.5) is 0 Å². The van der Waals surface area contributed by atoms with Crippen molar-refractivity contribution in [2.75, 3.05) is 13.6 Å². The zero-order valence-electron chi connectivity index (χ0n) is 9.69. The quantitative estimate of drug-likeness (QED) is 0.863. The lowest BCUT2D eigenvalue weighted by atomic mass is 10.3. The molecule has 0 spiro atoms. The molecule has 1 aromatic rings. The van der Waals surface area contributed by atoms with E-state index in [-0.39, 0.29) is 11.8 Å². The second-order valence-corrected chi connectivity index (χ2v) is 4.47. The zero-order valence-corrected chi connectivity index (χ0v) is 10.5. The zero-order chi connectivity index (χ0) is 12.1. The molecule has 16 heavy (non-hydrogen) atoms. The van der Waals surface area contributed by atoms with Gasteiger partial charge < -0.3 is 10.2 Å². The molecular weight excluding hydrogens is 224 g/mol. The van der Waals surface area contributed by atoms with Gasteiger partial charge in [0.15, 0.2) is 0 Å². The van der Waals surface area contributed by atoms with Crippen LogP contribution < -0.4 is 5.32 Å². The SMILES string of the molecule is CCN(C)C(=O)C(C)NC(=O)c1cccs1. The number of nitrogens with one attached hydrogen (secondary N) is 1. The summed E-state index contributed by atoms with van der Waals surface area (Å²) in [6, 6.07) is 3.06. The molecule has 0 aliphatic rings. The Labute approximate surface area is 99.3 Å². The van der Waals surface area contributed by atoms with E-state index in [0.29, 0.717) is 11.4 Å². The van der Waals surface area contributed by atoms with Crippen LogP contribution in [0.15, 0.2) is 17.5 Å². The van der Waals surface area contributed by atoms with Gasteiger partial charge in [-0.25, -0.2) is 0 Å². The predicted molar refractivity (Wildman–Crippen MR) is 64.6 cm³/mol. The number of hydrogen-bond acceptors (Lipinski definition) is 3. The molecule has 0 saturated heterocycles. The number of carbonyl (C=O) groups excluding carboxylic acids is 2. The molecule has 0 aliphatic carbocycles. The van der Waals surface area contributed by atoms with Crippen LogP contribution in [-0.2, 0) is 4.79 Å². The lowest BCUT2D eigenvalue weighted by Gasteiger charge is -2.20. The standard InChI is InChI=1S/C11H16N2O2S/c1-4-13(3)11(15)8(2)12-10(14)9-6-5-7-16-9/h5-8H,4H2,1-3H3,(H,12,14). The van der Waals surface area contributed by atoms with Crippen LogP contribution in [0.1, 0.15) is 23.5 Å². The van der Waals surface area contributed by atoms with Crippen LogP contribution >= 0.6 is 11.3 Å². The average Bonchev–Trinajstić information content (AvgIpc) is 2.80. The third-order valence-corrected chi connectivity index (χ3v) is 3.18. The van der Waals surface area contributed by atoms with Crippen LogP contribution in [0.25, 0.3) is 0 Å². The molecule has 1 N–H and O–H groups in total. The van der Waals surface area contributed by atoms with Crippen molar-refractivity contribution in [3.05, 3.63) is 22.4 Å². The highest BCUT2D eigenvalue weighted by atomic mass is 32.1. The number of nitrogens with zero attached hydrogens (tertiary/aromatic N) is 1. The van der Waals surface area contributed by atoms with E-state index in [4.69, 9.17) is 0 Å². The maximum absolute atomic E-state index is 11.7. The van der Waals surface area contributed by atoms with Crippen molar-refractivity contribution < 1.29 is 9.59 Å². The molecule has 1 atom stereocenters. The molecule has 88 valence electrons. The Morgan fingerprint density at radius 3 is 2.75 bits per heavy atom. The summed E-state index contributed by atoms with van der Waals surface area (Å²) in [5.74, 6) is -0.271. The third-order valence-electron chi connectivity index (χ3n) is 2.31. The largest absolute Gasteiger partial charge is 0.344 e. The monoisotopic (exact) mass is 240 g/mol. The molecule has 0 saturated carbocycles. The smallest absolute Gasteiger partial charge is 0.261 e. The number of carbonyl (C=O) groups is 2. The Balaban J connectivity index is 2.55. The summed E-state index contributed by atoms with van der Waals surface area (Å²) in [7, 11) is 1.72. The molecule has 1 heterocycles. The Morgan fingerprint density at radius 2 is 2.25 bits per heavy atom. The first-order valence-corrected chi connectivity index (χ1v) is 6.03. The second-order valence-electron chi connectivity index (χ2n) is 3.52. The van der Waals surface area contributed by atoms with Crippen molar-refractivity contribution in [3.63, 3.8) is 0 Å². The third kappa shape index (κ3) is 3.06. The van der Waals surface area contributed by atoms with Gasteiger partial charge in [-0.2, -0.15) is 0 Å². The van der Waals surface area contributed by atoms with E-state index in [1.54, 1.807) is 24.9 Å². The number of amides is 2. The lowest BCUT2D eigenvalue weighted by molar-refractivity contribution is -0.131. The molecular formula is C11H16N2O2S. The minimum atomic E-state index is -0.487. The van der Waals surface area contributed by atoms with Crippen molar-refractivity contribution in [2.24, 2.45) is 0 Å². The van der Waals surface area contributed by atoms with Gasteiger partial charge in [-0.15, -0.1) is 11.3 Å². The van der Waals surface area contributed by atoms with Crippen LogP contribution in [0.5, 0.6) is 0 Å². The summed E-state index contributed by atoms with van der Waals surface area (Å²) in [6.45, 7) is 4.23. The molecule has 0 bridgehead atoms. The van der Waals surface area contributed by atoms with Crippen molar-refractivity contribution >= 4 is 23.2 Å². The maximum atomic E-state index is 11.7. The average molecular weight is 240 g/mol. The fraction of sp³-hybridized carbons (Fsp3) is 0.455. The highest BCUT2D eigenvalue weighted by molar-refractivity contribution is 7.12. The van der Waals surface area contributed by atoms with Crippen molar-refractivity contribution in [1.29, 1.82) is 0 Å². The molecule has 2 amide bonds. The van der Waals surface area contributed by atoms with Gasteiger partial charge in [0.25, 0.3) is 5.91 Å². The molecule has 0 radical (unpaired) electrons. The van der Waals surface area contributed by atoms with Crippen LogP contribution in [-0.4, -0.2) is 36.3 Å². The first-order chi connectivity index (χ1) is 7.56. The van der Waals surface area contributed by atoms with E-state index in [0.717, 1.165) is 0 Å². The van der Waals surface area contributed by atoms with Gasteiger partial charge >= 0.3 is 0 Å². The van der Waals surface area contributed by atoms with E-state index < -0.39 is 6.04 Å². The lowest BCUT2D eigenvalue weighted by Crippen LogP contribution is -2.45. The van der Waals surface area contributed by atoms with E-state index in [1.807, 2.05) is 18.4 Å². The molecule has 0 aliphatic heterocycles. The van der Waals surface area contributed by atoms with Gasteiger partial charge in [-0.3, -0.25) is 9.59 Å². The normalized spacial score (nSPS) is 11.9. The fourth-order valence-electron chi connectivity index (χ4n) is 1.22. The highest BCUT2D eigenvalue weighted by Crippen LogP contribution is 2.08. The predicted octanol–water partition coefficient (Wildman–Crippen LogP) is 1.34. The molecule has 0 aromatic carbocycles. The van der Waals surface area contributed by atoms with Gasteiger partial charge in [-0.1, -0.05) is 6.07 Å². The van der Waals surface area contributed by atoms with Crippen molar-refractivity contribution in [1.82, 2.24) is 10.2 Å². The highest BCUT2D eigenvalue weighted by Gasteiger charge is 2.19. The first kappa shape index (κ1) is 12.7. The Morgan fingerprint density at radius 1 is 1.56 bits per heavy atom. The fourth-order valence-corrected chi connectivity index (χ4v) is 1.85. The van der Waals surface area contributed by atoms with Crippen LogP contribution in [0, 0.1) is 0 Å². The van der Waals surface area contributed by atoms with Gasteiger partial charge in [0.1, 0.15) is 6.04 Å². The number of thiophene rings is 1. The Hall–Kier alpha value is -1.36. The second kappa shape index (κ2) is 5.65. The molecule has 5 heteroatoms. The number of likely N-dealkylation sites (N-methyl/N-ethyl adjacent to an activating group) is 1. The van der Waals surface area contributed by atoms with E-state index in [2.05, 4.69) is 5.32 Å². The van der Waals surface area contributed by atoms with Crippen LogP contribution in [0.2, 0.25) is 0 Å². The molecule has 1 aromatic heterocycles. The van der Waals surface area contributed by atoms with E-state index in [1.165, 1.54) is 11.3 Å². The Bertz CT molecular complexity index is 362. The molecule has 0 fully saturated rings. The summed E-state index contributed by atoms with van der Waals surface area (Å²) in [5.41, 5.74) is 0. The van der Waals surface area contributed by atoms with E-state index >= 15 is 0 Å². The summed E-state index contributed by atoms with van der Waals surface area (Å²) >= 11 is 1.36. The van der Waals surface area contributed by atoms with Crippen molar-refractivity contribution in [2.45, 2.75) is 19.9 Å². The molecule has 1 unspecified atom stereocenters. The summed E-state index contributed by atoms with van der Waals surface area (Å²) in [6.07, 6.45) is 0. The maximum Gasteiger partial charge on any atom is 0.261 e. The van der Waals surface area contributed by atoms with Gasteiger partial charge in [0, 0.05) is 13.6 Å². The minimum absolute atomic E-state index is 0.0765. The molecule has 1 rings (SSSR count). The first-order valence-electron chi connectivity index (χ1n) is 5.15. The Kier molecular flexibility index (Phi) is 4.49. The van der Waals surface area contributed by atoms with Gasteiger partial charge in [0.2, 0.25) is 5.91 Å². The van der Waals surface area contributed by atoms with Crippen LogP contribution in [0.3, 0.4) is 0 Å². The minimum Gasteiger partial charge on any atom is -0.344 e. The number of rotatable bonds is 4. The topological polar surface area (TPSA) is 49.4 Å².